The minimum atomic E-state index is -0.530. The van der Waals surface area contributed by atoms with Crippen LogP contribution in [0.15, 0.2) is 42.6 Å². The fourth-order valence-electron chi connectivity index (χ4n) is 2.71. The van der Waals surface area contributed by atoms with Crippen LogP contribution >= 0.6 is 0 Å². The molecule has 0 saturated heterocycles. The van der Waals surface area contributed by atoms with E-state index in [1.165, 1.54) is 38.5 Å². The van der Waals surface area contributed by atoms with Gasteiger partial charge in [-0.2, -0.15) is 0 Å². The number of carbonyl (C=O) groups excluding carboxylic acids is 2. The highest BCUT2D eigenvalue weighted by molar-refractivity contribution is 5.97. The van der Waals surface area contributed by atoms with Gasteiger partial charge in [0.05, 0.1) is 26.2 Å². The second kappa shape index (κ2) is 7.26. The first-order chi connectivity index (χ1) is 12.5. The number of carbonyl (C=O) groups is 2. The van der Waals surface area contributed by atoms with Gasteiger partial charge in [-0.25, -0.2) is 9.18 Å². The van der Waals surface area contributed by atoms with Crippen LogP contribution in [0.2, 0.25) is 0 Å². The standard InChI is InChI=1S/C19H17FN2O4/c1-25-15-6-11(19(24)26-2)5-14(9-15)22-18(23)7-12-10-21-17-8-13(20)3-4-16(12)17/h3-6,8-10,21H,7H2,1-2H3,(H,22,23). The Labute approximate surface area is 148 Å². The van der Waals surface area contributed by atoms with E-state index >= 15 is 0 Å². The van der Waals surface area contributed by atoms with E-state index in [0.29, 0.717) is 17.0 Å². The number of rotatable bonds is 5. The molecule has 2 N–H and O–H groups in total. The van der Waals surface area contributed by atoms with E-state index < -0.39 is 5.97 Å². The lowest BCUT2D eigenvalue weighted by Crippen LogP contribution is -2.15. The van der Waals surface area contributed by atoms with Crippen molar-refractivity contribution < 1.29 is 23.5 Å². The van der Waals surface area contributed by atoms with Crippen molar-refractivity contribution in [3.05, 3.63) is 59.5 Å². The molecule has 0 fully saturated rings. The summed E-state index contributed by atoms with van der Waals surface area (Å²) in [6, 6.07) is 9.00. The van der Waals surface area contributed by atoms with Crippen molar-refractivity contribution in [3.63, 3.8) is 0 Å². The van der Waals surface area contributed by atoms with Gasteiger partial charge < -0.3 is 19.8 Å². The Hall–Kier alpha value is -3.35. The van der Waals surface area contributed by atoms with Crippen molar-refractivity contribution in [3.8, 4) is 5.75 Å². The Bertz CT molecular complexity index is 981. The third-order valence-electron chi connectivity index (χ3n) is 3.93. The molecule has 1 aromatic heterocycles. The summed E-state index contributed by atoms with van der Waals surface area (Å²) in [5, 5.41) is 3.52. The molecule has 134 valence electrons. The summed E-state index contributed by atoms with van der Waals surface area (Å²) in [5.74, 6) is -0.731. The number of hydrogen-bond donors (Lipinski definition) is 2. The molecule has 6 nitrogen and oxygen atoms in total. The normalized spacial score (nSPS) is 10.6. The molecule has 3 rings (SSSR count). The van der Waals surface area contributed by atoms with Gasteiger partial charge in [-0.05, 0) is 35.9 Å². The third-order valence-corrected chi connectivity index (χ3v) is 3.93. The van der Waals surface area contributed by atoms with E-state index in [4.69, 9.17) is 9.47 Å². The Kier molecular flexibility index (Phi) is 4.88. The van der Waals surface area contributed by atoms with Gasteiger partial charge >= 0.3 is 5.97 Å². The number of nitrogens with one attached hydrogen (secondary N) is 2. The Morgan fingerprint density at radius 1 is 1.15 bits per heavy atom. The summed E-state index contributed by atoms with van der Waals surface area (Å²) in [6.07, 6.45) is 1.77. The first-order valence-corrected chi connectivity index (χ1v) is 7.83. The molecule has 0 aliphatic carbocycles. The summed E-state index contributed by atoms with van der Waals surface area (Å²) >= 11 is 0. The van der Waals surface area contributed by atoms with Crippen LogP contribution in [-0.2, 0) is 16.0 Å². The van der Waals surface area contributed by atoms with E-state index in [1.54, 1.807) is 18.3 Å². The second-order valence-corrected chi connectivity index (χ2v) is 5.67. The van der Waals surface area contributed by atoms with Crippen LogP contribution in [-0.4, -0.2) is 31.1 Å². The number of methoxy groups -OCH3 is 2. The number of benzene rings is 2. The number of anilines is 1. The first kappa shape index (κ1) is 17.5. The van der Waals surface area contributed by atoms with Crippen LogP contribution < -0.4 is 10.1 Å². The quantitative estimate of drug-likeness (QED) is 0.688. The molecule has 0 atom stereocenters. The predicted octanol–water partition coefficient (Wildman–Crippen LogP) is 3.28. The second-order valence-electron chi connectivity index (χ2n) is 5.67. The number of aromatic nitrogens is 1. The van der Waals surface area contributed by atoms with Crippen molar-refractivity contribution in [1.82, 2.24) is 4.98 Å². The van der Waals surface area contributed by atoms with Gasteiger partial charge in [-0.15, -0.1) is 0 Å². The first-order valence-electron chi connectivity index (χ1n) is 7.83. The molecule has 1 heterocycles. The molecule has 2 aromatic carbocycles. The van der Waals surface area contributed by atoms with Crippen LogP contribution in [0.1, 0.15) is 15.9 Å². The molecule has 1 amide bonds. The topological polar surface area (TPSA) is 80.4 Å². The lowest BCUT2D eigenvalue weighted by atomic mass is 10.1. The maximum absolute atomic E-state index is 13.3. The maximum atomic E-state index is 13.3. The van der Waals surface area contributed by atoms with Gasteiger partial charge in [0.15, 0.2) is 0 Å². The molecule has 26 heavy (non-hydrogen) atoms. The number of halogens is 1. The summed E-state index contributed by atoms with van der Waals surface area (Å²) in [5.41, 5.74) is 2.06. The lowest BCUT2D eigenvalue weighted by Gasteiger charge is -2.09. The number of fused-ring (bicyclic) bond motifs is 1. The van der Waals surface area contributed by atoms with E-state index in [-0.39, 0.29) is 23.7 Å². The zero-order valence-electron chi connectivity index (χ0n) is 14.3. The minimum Gasteiger partial charge on any atom is -0.497 e. The van der Waals surface area contributed by atoms with Crippen LogP contribution in [0.5, 0.6) is 5.75 Å². The number of esters is 1. The molecule has 0 spiro atoms. The minimum absolute atomic E-state index is 0.0937. The van der Waals surface area contributed by atoms with E-state index in [1.807, 2.05) is 0 Å². The van der Waals surface area contributed by atoms with Crippen molar-refractivity contribution in [1.29, 1.82) is 0 Å². The van der Waals surface area contributed by atoms with E-state index in [0.717, 1.165) is 10.9 Å². The van der Waals surface area contributed by atoms with E-state index in [2.05, 4.69) is 10.3 Å². The average molecular weight is 356 g/mol. The van der Waals surface area contributed by atoms with Gasteiger partial charge in [0.1, 0.15) is 11.6 Å². The number of H-pyrrole nitrogens is 1. The molecule has 0 radical (unpaired) electrons. The van der Waals surface area contributed by atoms with Crippen molar-refractivity contribution in [2.24, 2.45) is 0 Å². The van der Waals surface area contributed by atoms with Crippen LogP contribution in [0.25, 0.3) is 10.9 Å². The smallest absolute Gasteiger partial charge is 0.338 e. The fraction of sp³-hybridized carbons (Fsp3) is 0.158. The number of ether oxygens (including phenoxy) is 2. The van der Waals surface area contributed by atoms with Gasteiger partial charge in [-0.3, -0.25) is 4.79 Å². The van der Waals surface area contributed by atoms with Crippen LogP contribution in [0.4, 0.5) is 10.1 Å². The van der Waals surface area contributed by atoms with Crippen molar-refractivity contribution >= 4 is 28.5 Å². The summed E-state index contributed by atoms with van der Waals surface area (Å²) in [4.78, 5) is 27.1. The zero-order chi connectivity index (χ0) is 18.7. The Balaban J connectivity index is 1.80. The number of hydrogen-bond acceptors (Lipinski definition) is 4. The Morgan fingerprint density at radius 2 is 1.96 bits per heavy atom. The third kappa shape index (κ3) is 3.66. The SMILES string of the molecule is COC(=O)c1cc(NC(=O)Cc2c[nH]c3cc(F)ccc23)cc(OC)c1. The molecule has 0 aliphatic heterocycles. The summed E-state index contributed by atoms with van der Waals surface area (Å²) in [6.45, 7) is 0. The van der Waals surface area contributed by atoms with Crippen LogP contribution in [0.3, 0.4) is 0 Å². The maximum Gasteiger partial charge on any atom is 0.338 e. The highest BCUT2D eigenvalue weighted by atomic mass is 19.1. The lowest BCUT2D eigenvalue weighted by molar-refractivity contribution is -0.115. The van der Waals surface area contributed by atoms with Crippen molar-refractivity contribution in [2.75, 3.05) is 19.5 Å². The molecule has 7 heteroatoms. The highest BCUT2D eigenvalue weighted by Gasteiger charge is 2.13. The largest absolute Gasteiger partial charge is 0.497 e. The van der Waals surface area contributed by atoms with Gasteiger partial charge in [0, 0.05) is 28.9 Å². The van der Waals surface area contributed by atoms with Gasteiger partial charge in [0.25, 0.3) is 0 Å². The van der Waals surface area contributed by atoms with Gasteiger partial charge in [-0.1, -0.05) is 0 Å². The molecule has 0 unspecified atom stereocenters. The average Bonchev–Trinajstić information content (AvgIpc) is 3.02. The van der Waals surface area contributed by atoms with E-state index in [9.17, 15) is 14.0 Å². The Morgan fingerprint density at radius 3 is 2.69 bits per heavy atom. The molecule has 3 aromatic rings. The van der Waals surface area contributed by atoms with Gasteiger partial charge in [0.2, 0.25) is 5.91 Å². The molecule has 0 saturated carbocycles. The fourth-order valence-corrected chi connectivity index (χ4v) is 2.71. The molecule has 0 aliphatic rings. The summed E-state index contributed by atoms with van der Waals surface area (Å²) in [7, 11) is 2.74. The number of aromatic amines is 1. The number of amides is 1. The summed E-state index contributed by atoms with van der Waals surface area (Å²) < 4.78 is 23.1. The van der Waals surface area contributed by atoms with Crippen molar-refractivity contribution in [2.45, 2.75) is 6.42 Å². The molecule has 0 bridgehead atoms. The zero-order valence-corrected chi connectivity index (χ0v) is 14.3. The highest BCUT2D eigenvalue weighted by Crippen LogP contribution is 2.23. The monoisotopic (exact) mass is 356 g/mol. The predicted molar refractivity (Wildman–Crippen MR) is 94.9 cm³/mol. The molecular weight excluding hydrogens is 339 g/mol. The van der Waals surface area contributed by atoms with Crippen LogP contribution in [0, 0.1) is 5.82 Å². The molecular formula is C19H17FN2O4.